The van der Waals surface area contributed by atoms with E-state index in [1.807, 2.05) is 42.5 Å². The van der Waals surface area contributed by atoms with E-state index in [0.29, 0.717) is 76.3 Å². The minimum atomic E-state index is -0.604. The number of H-pyrrole nitrogens is 2. The standard InChI is InChI=1S/C46H36N6O6/c53-42-35-16-13-32(49-35)38(25-19-21-47-22-20-25)33-14-18-37(50-33)43(54)41-45(56)44(55)40(52-41)39(34-15-17-36(42)51-34)24-9-11-26(12-10-24)48-46(57)58-23-31-29-7-3-1-5-27(29)28-6-2-4-8-30(28)31/h1-13,16,19-22,31,49,52-56H,14-15,17-18,23H2,(H,48,57). The summed E-state index contributed by atoms with van der Waals surface area (Å²) in [5.41, 5.74) is 10.9. The zero-order valence-electron chi connectivity index (χ0n) is 31.0. The second-order valence-corrected chi connectivity index (χ2v) is 14.6. The number of hydrogen-bond acceptors (Lipinski definition) is 9. The molecule has 1 aliphatic carbocycles. The molecule has 0 unspecified atom stereocenters. The lowest BCUT2D eigenvalue weighted by Gasteiger charge is -2.15. The fourth-order valence-corrected chi connectivity index (χ4v) is 8.46. The molecule has 8 bridgehead atoms. The van der Waals surface area contributed by atoms with Crippen LogP contribution in [0, 0.1) is 0 Å². The van der Waals surface area contributed by atoms with Crippen LogP contribution in [0.15, 0.2) is 109 Å². The van der Waals surface area contributed by atoms with E-state index in [4.69, 9.17) is 14.7 Å². The maximum atomic E-state index is 13.1. The number of nitrogens with one attached hydrogen (secondary N) is 3. The van der Waals surface area contributed by atoms with Crippen LogP contribution in [-0.4, -0.2) is 58.0 Å². The lowest BCUT2D eigenvalue weighted by atomic mass is 9.98. The Hall–Kier alpha value is -7.60. The Morgan fingerprint density at radius 2 is 1.17 bits per heavy atom. The summed E-state index contributed by atoms with van der Waals surface area (Å²) in [5, 5.41) is 48.7. The summed E-state index contributed by atoms with van der Waals surface area (Å²) in [5.74, 6) is -1.42. The molecule has 1 amide bonds. The van der Waals surface area contributed by atoms with E-state index >= 15 is 0 Å². The van der Waals surface area contributed by atoms with Gasteiger partial charge in [-0.15, -0.1) is 0 Å². The highest BCUT2D eigenvalue weighted by molar-refractivity contribution is 5.95. The Balaban J connectivity index is 1.04. The van der Waals surface area contributed by atoms with Gasteiger partial charge in [-0.25, -0.2) is 4.79 Å². The van der Waals surface area contributed by atoms with Gasteiger partial charge in [0.1, 0.15) is 12.1 Å². The molecular weight excluding hydrogens is 733 g/mol. The highest BCUT2D eigenvalue weighted by atomic mass is 16.5. The Kier molecular flexibility index (Phi) is 8.33. The van der Waals surface area contributed by atoms with Crippen molar-refractivity contribution in [1.29, 1.82) is 0 Å². The van der Waals surface area contributed by atoms with Crippen molar-refractivity contribution < 1.29 is 30.0 Å². The van der Waals surface area contributed by atoms with Gasteiger partial charge < -0.3 is 35.1 Å². The number of amides is 1. The highest BCUT2D eigenvalue weighted by Gasteiger charge is 2.29. The minimum Gasteiger partial charge on any atom is -0.504 e. The Labute approximate surface area is 331 Å². The van der Waals surface area contributed by atoms with Gasteiger partial charge in [0.25, 0.3) is 0 Å². The molecule has 0 atom stereocenters. The predicted molar refractivity (Wildman–Crippen MR) is 220 cm³/mol. The number of aryl methyl sites for hydroxylation is 4. The number of aromatic hydroxyl groups is 4. The molecule has 58 heavy (non-hydrogen) atoms. The van der Waals surface area contributed by atoms with Gasteiger partial charge in [0.05, 0.1) is 33.8 Å². The van der Waals surface area contributed by atoms with E-state index in [9.17, 15) is 25.2 Å². The van der Waals surface area contributed by atoms with Crippen molar-refractivity contribution in [3.05, 3.63) is 143 Å². The molecule has 3 aliphatic rings. The summed E-state index contributed by atoms with van der Waals surface area (Å²) in [6.07, 6.45) is 4.41. The molecule has 286 valence electrons. The Morgan fingerprint density at radius 1 is 0.603 bits per heavy atom. The molecule has 6 heterocycles. The average molecular weight is 769 g/mol. The molecule has 3 aromatic carbocycles. The van der Waals surface area contributed by atoms with Crippen molar-refractivity contribution in [2.24, 2.45) is 0 Å². The van der Waals surface area contributed by atoms with Gasteiger partial charge in [0.2, 0.25) is 0 Å². The van der Waals surface area contributed by atoms with Gasteiger partial charge in [-0.1, -0.05) is 60.7 Å². The molecule has 7 N–H and O–H groups in total. The lowest BCUT2D eigenvalue weighted by Crippen LogP contribution is -2.17. The van der Waals surface area contributed by atoms with E-state index in [0.717, 1.165) is 33.4 Å². The molecular formula is C46H36N6O6. The molecule has 4 aromatic heterocycles. The third-order valence-corrected chi connectivity index (χ3v) is 11.2. The minimum absolute atomic E-state index is 0.0183. The van der Waals surface area contributed by atoms with Crippen molar-refractivity contribution in [3.8, 4) is 56.4 Å². The number of hydrogen-bond donors (Lipinski definition) is 7. The maximum Gasteiger partial charge on any atom is 0.411 e. The number of benzene rings is 3. The number of ether oxygens (including phenoxy) is 1. The molecule has 0 radical (unpaired) electrons. The average Bonchev–Trinajstić information content (AvgIpc) is 4.11. The zero-order valence-corrected chi connectivity index (χ0v) is 31.0. The predicted octanol–water partition coefficient (Wildman–Crippen LogP) is 8.80. The molecule has 12 nitrogen and oxygen atoms in total. The SMILES string of the molecule is O=C(Nc1ccc(-c2c3nc(c(O)c4ccc([nH]4)c(-c4ccncc4)c4nc(c(O)c5[nH]c2c(O)c5O)CC4)CC3)cc1)OCC1c2ccccc2-c2ccccc21. The van der Waals surface area contributed by atoms with Crippen LogP contribution in [0.1, 0.15) is 39.8 Å². The molecule has 0 fully saturated rings. The first-order chi connectivity index (χ1) is 28.3. The largest absolute Gasteiger partial charge is 0.504 e. The monoisotopic (exact) mass is 768 g/mol. The fraction of sp³-hybridized carbons (Fsp3) is 0.130. The number of pyridine rings is 1. The molecule has 7 aromatic rings. The van der Waals surface area contributed by atoms with Crippen molar-refractivity contribution in [2.45, 2.75) is 31.6 Å². The van der Waals surface area contributed by atoms with Crippen molar-refractivity contribution in [2.75, 3.05) is 11.9 Å². The smallest absolute Gasteiger partial charge is 0.411 e. The number of aromatic amines is 2. The molecule has 0 saturated carbocycles. The van der Waals surface area contributed by atoms with Gasteiger partial charge in [-0.2, -0.15) is 0 Å². The van der Waals surface area contributed by atoms with Crippen LogP contribution >= 0.6 is 0 Å². The van der Waals surface area contributed by atoms with Gasteiger partial charge >= 0.3 is 6.09 Å². The van der Waals surface area contributed by atoms with Gasteiger partial charge in [0, 0.05) is 40.6 Å². The van der Waals surface area contributed by atoms with E-state index in [2.05, 4.69) is 44.5 Å². The lowest BCUT2D eigenvalue weighted by molar-refractivity contribution is 0.158. The van der Waals surface area contributed by atoms with Crippen molar-refractivity contribution in [3.63, 3.8) is 0 Å². The fourth-order valence-electron chi connectivity index (χ4n) is 8.46. The Bertz CT molecular complexity index is 2910. The van der Waals surface area contributed by atoms with Crippen LogP contribution in [0.25, 0.3) is 55.4 Å². The van der Waals surface area contributed by atoms with Crippen LogP contribution in [-0.2, 0) is 30.4 Å². The van der Waals surface area contributed by atoms with Crippen LogP contribution < -0.4 is 5.32 Å². The summed E-state index contributed by atoms with van der Waals surface area (Å²) in [7, 11) is 0. The number of fused-ring (bicyclic) bond motifs is 11. The van der Waals surface area contributed by atoms with E-state index < -0.39 is 17.6 Å². The van der Waals surface area contributed by atoms with E-state index in [1.54, 1.807) is 42.7 Å². The second kappa shape index (κ2) is 13.9. The first kappa shape index (κ1) is 34.9. The number of nitrogens with zero attached hydrogens (tertiary/aromatic N) is 3. The first-order valence-electron chi connectivity index (χ1n) is 19.0. The number of carbonyl (C=O) groups is 1. The first-order valence-corrected chi connectivity index (χ1v) is 19.0. The normalized spacial score (nSPS) is 13.2. The Morgan fingerprint density at radius 3 is 1.86 bits per heavy atom. The second-order valence-electron chi connectivity index (χ2n) is 14.6. The van der Waals surface area contributed by atoms with Gasteiger partial charge in [0.15, 0.2) is 23.0 Å². The summed E-state index contributed by atoms with van der Waals surface area (Å²) >= 11 is 0. The van der Waals surface area contributed by atoms with Crippen LogP contribution in [0.2, 0.25) is 0 Å². The molecule has 2 aliphatic heterocycles. The topological polar surface area (TPSA) is 189 Å². The zero-order chi connectivity index (χ0) is 39.5. The van der Waals surface area contributed by atoms with Gasteiger partial charge in [-0.3, -0.25) is 20.3 Å². The van der Waals surface area contributed by atoms with Crippen molar-refractivity contribution >= 4 is 33.8 Å². The summed E-state index contributed by atoms with van der Waals surface area (Å²) in [6, 6.07) is 30.6. The molecule has 0 saturated heterocycles. The van der Waals surface area contributed by atoms with Crippen molar-refractivity contribution in [1.82, 2.24) is 24.9 Å². The quantitative estimate of drug-likeness (QED) is 0.0897. The molecule has 0 spiro atoms. The molecule has 12 heteroatoms. The number of carbonyl (C=O) groups excluding carboxylic acids is 1. The van der Waals surface area contributed by atoms with E-state index in [1.165, 1.54) is 0 Å². The van der Waals surface area contributed by atoms with Crippen LogP contribution in [0.4, 0.5) is 10.5 Å². The van der Waals surface area contributed by atoms with Gasteiger partial charge in [-0.05, 0) is 95.5 Å². The van der Waals surface area contributed by atoms with Crippen LogP contribution in [0.5, 0.6) is 23.0 Å². The molecule has 10 rings (SSSR count). The summed E-state index contributed by atoms with van der Waals surface area (Å²) < 4.78 is 5.76. The van der Waals surface area contributed by atoms with Crippen LogP contribution in [0.3, 0.4) is 0 Å². The maximum absolute atomic E-state index is 13.1. The van der Waals surface area contributed by atoms with E-state index in [-0.39, 0.29) is 35.1 Å². The highest BCUT2D eigenvalue weighted by Crippen LogP contribution is 2.46. The number of anilines is 1. The summed E-state index contributed by atoms with van der Waals surface area (Å²) in [4.78, 5) is 33.4. The third kappa shape index (κ3) is 5.84. The summed E-state index contributed by atoms with van der Waals surface area (Å²) in [6.45, 7) is 0.167. The third-order valence-electron chi connectivity index (χ3n) is 11.2. The number of aromatic nitrogens is 5. The number of rotatable bonds is 5.